The van der Waals surface area contributed by atoms with Gasteiger partial charge in [0.1, 0.15) is 11.5 Å². The van der Waals surface area contributed by atoms with Crippen molar-refractivity contribution in [2.75, 3.05) is 25.2 Å². The standard InChI is InChI=1S/C18H23N3O5S/c1-26-16-5-3-2-4-13(16)8-10-19-18(23)15-6-7-17(22)21(20-15)14-9-11-27(24,25)12-14/h2-5,14H,6-12H2,1H3,(H,19,23)/t14-/m0/s1. The van der Waals surface area contributed by atoms with Crippen molar-refractivity contribution < 1.29 is 22.7 Å². The first-order valence-electron chi connectivity index (χ1n) is 8.89. The van der Waals surface area contributed by atoms with E-state index in [4.69, 9.17) is 4.74 Å². The first-order valence-corrected chi connectivity index (χ1v) is 10.7. The second kappa shape index (κ2) is 8.08. The van der Waals surface area contributed by atoms with Gasteiger partial charge in [0.15, 0.2) is 9.84 Å². The van der Waals surface area contributed by atoms with E-state index in [1.807, 2.05) is 24.3 Å². The lowest BCUT2D eigenvalue weighted by molar-refractivity contribution is -0.133. The number of sulfone groups is 1. The van der Waals surface area contributed by atoms with Crippen LogP contribution in [0.3, 0.4) is 0 Å². The van der Waals surface area contributed by atoms with Crippen LogP contribution >= 0.6 is 0 Å². The van der Waals surface area contributed by atoms with Gasteiger partial charge in [-0.1, -0.05) is 18.2 Å². The molecule has 1 aromatic carbocycles. The van der Waals surface area contributed by atoms with Gasteiger partial charge in [0.2, 0.25) is 5.91 Å². The van der Waals surface area contributed by atoms with Crippen molar-refractivity contribution in [1.82, 2.24) is 10.3 Å². The molecule has 1 atom stereocenters. The van der Waals surface area contributed by atoms with Gasteiger partial charge >= 0.3 is 0 Å². The van der Waals surface area contributed by atoms with Gasteiger partial charge in [-0.2, -0.15) is 5.10 Å². The number of para-hydroxylation sites is 1. The second-order valence-corrected chi connectivity index (χ2v) is 8.89. The van der Waals surface area contributed by atoms with E-state index in [-0.39, 0.29) is 41.9 Å². The van der Waals surface area contributed by atoms with Crippen LogP contribution in [0.15, 0.2) is 29.4 Å². The highest BCUT2D eigenvalue weighted by atomic mass is 32.2. The number of benzene rings is 1. The van der Waals surface area contributed by atoms with Crippen molar-refractivity contribution in [3.63, 3.8) is 0 Å². The highest BCUT2D eigenvalue weighted by Crippen LogP contribution is 2.22. The van der Waals surface area contributed by atoms with Crippen LogP contribution in [-0.2, 0) is 25.8 Å². The number of carbonyl (C=O) groups is 2. The highest BCUT2D eigenvalue weighted by Gasteiger charge is 2.37. The van der Waals surface area contributed by atoms with Crippen molar-refractivity contribution >= 4 is 27.4 Å². The summed E-state index contributed by atoms with van der Waals surface area (Å²) in [5, 5.41) is 8.18. The van der Waals surface area contributed by atoms with E-state index in [9.17, 15) is 18.0 Å². The zero-order valence-electron chi connectivity index (χ0n) is 15.2. The number of hydrazone groups is 1. The van der Waals surface area contributed by atoms with E-state index in [2.05, 4.69) is 10.4 Å². The smallest absolute Gasteiger partial charge is 0.267 e. The first-order chi connectivity index (χ1) is 12.9. The van der Waals surface area contributed by atoms with Crippen LogP contribution in [0.4, 0.5) is 0 Å². The lowest BCUT2D eigenvalue weighted by Crippen LogP contribution is -2.44. The Kier molecular flexibility index (Phi) is 5.79. The summed E-state index contributed by atoms with van der Waals surface area (Å²) in [6, 6.07) is 7.11. The summed E-state index contributed by atoms with van der Waals surface area (Å²) >= 11 is 0. The lowest BCUT2D eigenvalue weighted by Gasteiger charge is -2.27. The van der Waals surface area contributed by atoms with Crippen molar-refractivity contribution in [3.8, 4) is 5.75 Å². The van der Waals surface area contributed by atoms with E-state index >= 15 is 0 Å². The SMILES string of the molecule is COc1ccccc1CCNC(=O)C1=NN([C@H]2CCS(=O)(=O)C2)C(=O)CC1. The number of methoxy groups -OCH3 is 1. The molecule has 0 bridgehead atoms. The fourth-order valence-electron chi connectivity index (χ4n) is 3.31. The number of rotatable bonds is 6. The number of nitrogens with one attached hydrogen (secondary N) is 1. The van der Waals surface area contributed by atoms with Crippen LogP contribution in [0.2, 0.25) is 0 Å². The van der Waals surface area contributed by atoms with Crippen molar-refractivity contribution in [1.29, 1.82) is 0 Å². The number of amides is 2. The summed E-state index contributed by atoms with van der Waals surface area (Å²) in [6.07, 6.45) is 1.39. The van der Waals surface area contributed by atoms with Crippen LogP contribution in [0.1, 0.15) is 24.8 Å². The molecule has 1 saturated heterocycles. The topological polar surface area (TPSA) is 105 Å². The Balaban J connectivity index is 1.60. The average Bonchev–Trinajstić information content (AvgIpc) is 3.02. The van der Waals surface area contributed by atoms with E-state index in [1.165, 1.54) is 5.01 Å². The predicted molar refractivity (Wildman–Crippen MR) is 100 cm³/mol. The summed E-state index contributed by atoms with van der Waals surface area (Å²) in [4.78, 5) is 24.5. The minimum absolute atomic E-state index is 0.0530. The molecule has 0 saturated carbocycles. The second-order valence-electron chi connectivity index (χ2n) is 6.66. The number of carbonyl (C=O) groups excluding carboxylic acids is 2. The van der Waals surface area contributed by atoms with Crippen LogP contribution in [-0.4, -0.2) is 62.2 Å². The normalized spacial score (nSPS) is 21.7. The van der Waals surface area contributed by atoms with Gasteiger partial charge < -0.3 is 10.1 Å². The highest BCUT2D eigenvalue weighted by molar-refractivity contribution is 7.91. The molecule has 3 rings (SSSR count). The number of hydrogen-bond acceptors (Lipinski definition) is 6. The molecule has 2 aliphatic rings. The van der Waals surface area contributed by atoms with Crippen LogP contribution in [0.25, 0.3) is 0 Å². The van der Waals surface area contributed by atoms with Gasteiger partial charge in [-0.15, -0.1) is 0 Å². The molecule has 8 nitrogen and oxygen atoms in total. The summed E-state index contributed by atoms with van der Waals surface area (Å²) < 4.78 is 28.6. The number of nitrogens with zero attached hydrogens (tertiary/aromatic N) is 2. The third-order valence-corrected chi connectivity index (χ3v) is 6.50. The Hall–Kier alpha value is -2.42. The Labute approximate surface area is 158 Å². The van der Waals surface area contributed by atoms with E-state index in [0.717, 1.165) is 11.3 Å². The molecule has 146 valence electrons. The summed E-state index contributed by atoms with van der Waals surface area (Å²) in [6.45, 7) is 0.407. The monoisotopic (exact) mass is 393 g/mol. The van der Waals surface area contributed by atoms with Crippen molar-refractivity contribution in [2.45, 2.75) is 31.7 Å². The maximum absolute atomic E-state index is 12.4. The van der Waals surface area contributed by atoms with E-state index in [0.29, 0.717) is 19.4 Å². The Morgan fingerprint density at radius 1 is 1.33 bits per heavy atom. The molecular formula is C18H23N3O5S. The van der Waals surface area contributed by atoms with Gasteiger partial charge in [-0.25, -0.2) is 13.4 Å². The fraction of sp³-hybridized carbons (Fsp3) is 0.500. The molecule has 2 aliphatic heterocycles. The van der Waals surface area contributed by atoms with E-state index in [1.54, 1.807) is 7.11 Å². The first kappa shape index (κ1) is 19.3. The van der Waals surface area contributed by atoms with Gasteiger partial charge in [0, 0.05) is 19.4 Å². The molecular weight excluding hydrogens is 370 g/mol. The minimum Gasteiger partial charge on any atom is -0.496 e. The quantitative estimate of drug-likeness (QED) is 0.759. The minimum atomic E-state index is -3.13. The molecule has 2 heterocycles. The molecule has 2 amide bonds. The summed E-state index contributed by atoms with van der Waals surface area (Å²) in [7, 11) is -1.53. The summed E-state index contributed by atoms with van der Waals surface area (Å²) in [5.41, 5.74) is 1.25. The third kappa shape index (κ3) is 4.65. The Morgan fingerprint density at radius 2 is 2.11 bits per heavy atom. The van der Waals surface area contributed by atoms with Gasteiger partial charge in [0.05, 0.1) is 24.7 Å². The fourth-order valence-corrected chi connectivity index (χ4v) is 5.00. The molecule has 1 fully saturated rings. The van der Waals surface area contributed by atoms with Gasteiger partial charge in [-0.3, -0.25) is 9.59 Å². The molecule has 1 aromatic rings. The molecule has 1 N–H and O–H groups in total. The zero-order valence-corrected chi connectivity index (χ0v) is 16.0. The third-order valence-electron chi connectivity index (χ3n) is 4.75. The molecule has 0 unspecified atom stereocenters. The zero-order chi connectivity index (χ0) is 19.4. The average molecular weight is 393 g/mol. The number of ether oxygens (including phenoxy) is 1. The maximum atomic E-state index is 12.4. The summed E-state index contributed by atoms with van der Waals surface area (Å²) in [5.74, 6) is 0.161. The molecule has 9 heteroatoms. The molecule has 27 heavy (non-hydrogen) atoms. The van der Waals surface area contributed by atoms with Crippen LogP contribution < -0.4 is 10.1 Å². The largest absolute Gasteiger partial charge is 0.496 e. The van der Waals surface area contributed by atoms with Crippen LogP contribution in [0.5, 0.6) is 5.75 Å². The van der Waals surface area contributed by atoms with Crippen molar-refractivity contribution in [3.05, 3.63) is 29.8 Å². The van der Waals surface area contributed by atoms with Gasteiger partial charge in [-0.05, 0) is 24.5 Å². The van der Waals surface area contributed by atoms with E-state index < -0.39 is 15.9 Å². The Morgan fingerprint density at radius 3 is 2.81 bits per heavy atom. The maximum Gasteiger partial charge on any atom is 0.267 e. The van der Waals surface area contributed by atoms with Gasteiger partial charge in [0.25, 0.3) is 5.91 Å². The lowest BCUT2D eigenvalue weighted by atomic mass is 10.1. The molecule has 0 spiro atoms. The van der Waals surface area contributed by atoms with Crippen molar-refractivity contribution in [2.24, 2.45) is 5.10 Å². The predicted octanol–water partition coefficient (Wildman–Crippen LogP) is 0.519. The van der Waals surface area contributed by atoms with Crippen LogP contribution in [0, 0.1) is 0 Å². The Bertz CT molecular complexity index is 866. The molecule has 0 aliphatic carbocycles. The molecule has 0 aromatic heterocycles. The molecule has 0 radical (unpaired) electrons. The number of hydrogen-bond donors (Lipinski definition) is 1.